The van der Waals surface area contributed by atoms with Gasteiger partial charge >= 0.3 is 0 Å². The molecular formula is C17H17ClN2O2S. The molecule has 4 nitrogen and oxygen atoms in total. The summed E-state index contributed by atoms with van der Waals surface area (Å²) in [5.41, 5.74) is 7.26. The number of amides is 2. The van der Waals surface area contributed by atoms with E-state index in [1.807, 2.05) is 38.1 Å². The molecule has 2 N–H and O–H groups in total. The lowest BCUT2D eigenvalue weighted by Crippen LogP contribution is -2.42. The fraction of sp³-hybridized carbons (Fsp3) is 0.176. The molecule has 0 aromatic heterocycles. The van der Waals surface area contributed by atoms with Crippen molar-refractivity contribution in [2.24, 2.45) is 0 Å². The summed E-state index contributed by atoms with van der Waals surface area (Å²) in [5.74, 6) is -0.394. The van der Waals surface area contributed by atoms with Gasteiger partial charge in [0.05, 0.1) is 5.75 Å². The largest absolute Gasteiger partial charge is 0.272 e. The Morgan fingerprint density at radius 1 is 1.04 bits per heavy atom. The van der Waals surface area contributed by atoms with Crippen LogP contribution in [0.5, 0.6) is 0 Å². The Labute approximate surface area is 144 Å². The van der Waals surface area contributed by atoms with E-state index in [4.69, 9.17) is 11.6 Å². The summed E-state index contributed by atoms with van der Waals surface area (Å²) in [6.45, 7) is 3.77. The number of aryl methyl sites for hydroxylation is 2. The van der Waals surface area contributed by atoms with Gasteiger partial charge in [-0.25, -0.2) is 0 Å². The number of rotatable bonds is 4. The molecule has 0 saturated carbocycles. The Balaban J connectivity index is 1.83. The number of thioether (sulfide) groups is 1. The molecule has 0 atom stereocenters. The Morgan fingerprint density at radius 3 is 2.43 bits per heavy atom. The monoisotopic (exact) mass is 348 g/mol. The summed E-state index contributed by atoms with van der Waals surface area (Å²) in [7, 11) is 0. The number of nitrogens with one attached hydrogen (secondary N) is 2. The molecule has 0 aliphatic carbocycles. The van der Waals surface area contributed by atoms with Gasteiger partial charge < -0.3 is 0 Å². The Morgan fingerprint density at radius 2 is 1.74 bits per heavy atom. The van der Waals surface area contributed by atoms with Crippen molar-refractivity contribution in [2.75, 3.05) is 5.75 Å². The normalized spacial score (nSPS) is 10.2. The molecule has 0 bridgehead atoms. The quantitative estimate of drug-likeness (QED) is 0.656. The second-order valence-corrected chi connectivity index (χ2v) is 6.55. The minimum atomic E-state index is -0.323. The van der Waals surface area contributed by atoms with Crippen molar-refractivity contribution in [1.82, 2.24) is 10.9 Å². The first-order valence-corrected chi connectivity index (χ1v) is 8.37. The summed E-state index contributed by atoms with van der Waals surface area (Å²) in [6, 6.07) is 12.8. The van der Waals surface area contributed by atoms with Gasteiger partial charge in [0.2, 0.25) is 5.91 Å². The minimum absolute atomic E-state index is 0.203. The van der Waals surface area contributed by atoms with Crippen LogP contribution >= 0.6 is 23.4 Å². The Kier molecular flexibility index (Phi) is 6.07. The van der Waals surface area contributed by atoms with Crippen molar-refractivity contribution in [1.29, 1.82) is 0 Å². The highest BCUT2D eigenvalue weighted by Crippen LogP contribution is 2.19. The Bertz CT molecular complexity index is 717. The second-order valence-electron chi connectivity index (χ2n) is 5.06. The molecule has 0 unspecified atom stereocenters. The van der Waals surface area contributed by atoms with Crippen molar-refractivity contribution in [3.8, 4) is 0 Å². The van der Waals surface area contributed by atoms with E-state index in [1.165, 1.54) is 11.8 Å². The summed E-state index contributed by atoms with van der Waals surface area (Å²) in [4.78, 5) is 24.8. The van der Waals surface area contributed by atoms with Crippen LogP contribution in [0.25, 0.3) is 0 Å². The van der Waals surface area contributed by atoms with Gasteiger partial charge in [-0.05, 0) is 49.7 Å². The molecule has 0 aliphatic heterocycles. The van der Waals surface area contributed by atoms with E-state index in [2.05, 4.69) is 10.9 Å². The van der Waals surface area contributed by atoms with E-state index in [0.29, 0.717) is 10.6 Å². The lowest BCUT2D eigenvalue weighted by molar-refractivity contribution is -0.119. The van der Waals surface area contributed by atoms with Gasteiger partial charge in [0.1, 0.15) is 0 Å². The first-order valence-electron chi connectivity index (χ1n) is 7.00. The van der Waals surface area contributed by atoms with Gasteiger partial charge in [0.15, 0.2) is 0 Å². The molecule has 6 heteroatoms. The van der Waals surface area contributed by atoms with E-state index >= 15 is 0 Å². The number of benzene rings is 2. The second kappa shape index (κ2) is 8.04. The molecule has 0 spiro atoms. The van der Waals surface area contributed by atoms with Crippen LogP contribution in [-0.4, -0.2) is 17.6 Å². The topological polar surface area (TPSA) is 58.2 Å². The highest BCUT2D eigenvalue weighted by Gasteiger charge is 2.10. The van der Waals surface area contributed by atoms with Crippen LogP contribution in [0.2, 0.25) is 5.02 Å². The maximum Gasteiger partial charge on any atom is 0.269 e. The van der Waals surface area contributed by atoms with Crippen molar-refractivity contribution in [3.05, 3.63) is 64.2 Å². The number of hydrazine groups is 1. The highest BCUT2D eigenvalue weighted by atomic mass is 35.5. The predicted molar refractivity (Wildman–Crippen MR) is 93.7 cm³/mol. The third-order valence-corrected chi connectivity index (χ3v) is 4.40. The first-order chi connectivity index (χ1) is 11.0. The number of carbonyl (C=O) groups is 2. The average Bonchev–Trinajstić information content (AvgIpc) is 2.54. The number of carbonyl (C=O) groups excluding carboxylic acids is 2. The van der Waals surface area contributed by atoms with Gasteiger partial charge in [-0.3, -0.25) is 20.4 Å². The molecule has 0 fully saturated rings. The van der Waals surface area contributed by atoms with Crippen LogP contribution in [0.15, 0.2) is 47.4 Å². The lowest BCUT2D eigenvalue weighted by Gasteiger charge is -2.10. The summed E-state index contributed by atoms with van der Waals surface area (Å²) in [5, 5.41) is 0.652. The number of halogens is 1. The van der Waals surface area contributed by atoms with Gasteiger partial charge in [0.25, 0.3) is 5.91 Å². The predicted octanol–water partition coefficient (Wildman–Crippen LogP) is 3.51. The van der Waals surface area contributed by atoms with E-state index in [0.717, 1.165) is 16.0 Å². The molecule has 0 radical (unpaired) electrons. The van der Waals surface area contributed by atoms with Crippen LogP contribution in [0.4, 0.5) is 0 Å². The fourth-order valence-corrected chi connectivity index (χ4v) is 2.71. The number of hydrogen-bond acceptors (Lipinski definition) is 3. The van der Waals surface area contributed by atoms with Crippen molar-refractivity contribution < 1.29 is 9.59 Å². The average molecular weight is 349 g/mol. The standard InChI is InChI=1S/C17H17ClN2O2S/c1-11-3-4-12(2)15(9-11)17(22)20-19-16(21)10-23-14-7-5-13(18)6-8-14/h3-9H,10H2,1-2H3,(H,19,21)(H,20,22). The highest BCUT2D eigenvalue weighted by molar-refractivity contribution is 8.00. The van der Waals surface area contributed by atoms with Crippen molar-refractivity contribution >= 4 is 35.2 Å². The molecule has 0 saturated heterocycles. The third-order valence-electron chi connectivity index (χ3n) is 3.14. The van der Waals surface area contributed by atoms with E-state index < -0.39 is 0 Å². The van der Waals surface area contributed by atoms with E-state index in [9.17, 15) is 9.59 Å². The maximum absolute atomic E-state index is 12.1. The molecule has 23 heavy (non-hydrogen) atoms. The fourth-order valence-electron chi connectivity index (χ4n) is 1.89. The lowest BCUT2D eigenvalue weighted by atomic mass is 10.1. The summed E-state index contributed by atoms with van der Waals surface area (Å²) >= 11 is 7.17. The molecule has 0 aliphatic rings. The maximum atomic E-state index is 12.1. The summed E-state index contributed by atoms with van der Waals surface area (Å²) < 4.78 is 0. The molecule has 0 heterocycles. The first kappa shape index (κ1) is 17.4. The van der Waals surface area contributed by atoms with Crippen LogP contribution < -0.4 is 10.9 Å². The van der Waals surface area contributed by atoms with Gasteiger partial charge in [-0.1, -0.05) is 29.3 Å². The van der Waals surface area contributed by atoms with Gasteiger partial charge in [0, 0.05) is 15.5 Å². The molecule has 120 valence electrons. The molecule has 2 aromatic rings. The molecular weight excluding hydrogens is 332 g/mol. The van der Waals surface area contributed by atoms with E-state index in [-0.39, 0.29) is 17.6 Å². The zero-order valence-corrected chi connectivity index (χ0v) is 14.4. The minimum Gasteiger partial charge on any atom is -0.272 e. The van der Waals surface area contributed by atoms with Gasteiger partial charge in [-0.15, -0.1) is 11.8 Å². The van der Waals surface area contributed by atoms with Crippen LogP contribution in [0.3, 0.4) is 0 Å². The molecule has 2 aromatic carbocycles. The third kappa shape index (κ3) is 5.30. The number of hydrogen-bond donors (Lipinski definition) is 2. The van der Waals surface area contributed by atoms with E-state index in [1.54, 1.807) is 18.2 Å². The van der Waals surface area contributed by atoms with Gasteiger partial charge in [-0.2, -0.15) is 0 Å². The van der Waals surface area contributed by atoms with Crippen LogP contribution in [0.1, 0.15) is 21.5 Å². The molecule has 2 rings (SSSR count). The summed E-state index contributed by atoms with van der Waals surface area (Å²) in [6.07, 6.45) is 0. The molecule has 2 amide bonds. The SMILES string of the molecule is Cc1ccc(C)c(C(=O)NNC(=O)CSc2ccc(Cl)cc2)c1. The van der Waals surface area contributed by atoms with Crippen LogP contribution in [-0.2, 0) is 4.79 Å². The van der Waals surface area contributed by atoms with Crippen LogP contribution in [0, 0.1) is 13.8 Å². The van der Waals surface area contributed by atoms with Crippen molar-refractivity contribution in [3.63, 3.8) is 0 Å². The van der Waals surface area contributed by atoms with Crippen molar-refractivity contribution in [2.45, 2.75) is 18.7 Å². The zero-order chi connectivity index (χ0) is 16.8. The Hall–Kier alpha value is -1.98. The smallest absolute Gasteiger partial charge is 0.269 e. The zero-order valence-electron chi connectivity index (χ0n) is 12.9.